The molecule has 14 heavy (non-hydrogen) atoms. The quantitative estimate of drug-likeness (QED) is 0.563. The van der Waals surface area contributed by atoms with Crippen LogP contribution in [0, 0.1) is 6.92 Å². The average Bonchev–Trinajstić information content (AvgIpc) is 2.16. The van der Waals surface area contributed by atoms with Crippen LogP contribution in [0.4, 0.5) is 0 Å². The first kappa shape index (κ1) is 11.4. The van der Waals surface area contributed by atoms with Crippen molar-refractivity contribution in [1.82, 2.24) is 0 Å². The Hall–Kier alpha value is -0.640. The smallest absolute Gasteiger partial charge is 0.198 e. The van der Waals surface area contributed by atoms with Gasteiger partial charge in [0.05, 0.1) is 0 Å². The van der Waals surface area contributed by atoms with Gasteiger partial charge in [0.2, 0.25) is 5.52 Å². The van der Waals surface area contributed by atoms with Crippen molar-refractivity contribution >= 4 is 34.9 Å². The summed E-state index contributed by atoms with van der Waals surface area (Å²) in [6.07, 6.45) is 2.20. The van der Waals surface area contributed by atoms with Crippen molar-refractivity contribution < 1.29 is 4.57 Å². The van der Waals surface area contributed by atoms with Gasteiger partial charge >= 0.3 is 0 Å². The molecule has 0 aliphatic heterocycles. The van der Waals surface area contributed by atoms with E-state index in [9.17, 15) is 0 Å². The van der Waals surface area contributed by atoms with Crippen LogP contribution in [-0.4, -0.2) is 0 Å². The molecule has 0 aliphatic rings. The molecule has 1 aromatic heterocycles. The van der Waals surface area contributed by atoms with E-state index < -0.39 is 0 Å². The highest BCUT2D eigenvalue weighted by Crippen LogP contribution is 2.10. The monoisotopic (exact) mass is 300 g/mol. The second-order valence-electron chi connectivity index (χ2n) is 3.36. The standard InChI is InChI=1S/C12H14N.HI/c1-3-13-9-10(2)8-11-6-4-5-7-12(11)13;/h4-9H,3H2,1-2H3;1H/q+1;. The fourth-order valence-electron chi connectivity index (χ4n) is 1.73. The van der Waals surface area contributed by atoms with Gasteiger partial charge in [-0.2, -0.15) is 4.57 Å². The molecule has 2 aromatic rings. The number of hydrogen-bond donors (Lipinski definition) is 0. The van der Waals surface area contributed by atoms with E-state index in [1.54, 1.807) is 0 Å². The number of aryl methyl sites for hydroxylation is 2. The van der Waals surface area contributed by atoms with E-state index in [0.29, 0.717) is 0 Å². The first-order valence-corrected chi connectivity index (χ1v) is 4.70. The van der Waals surface area contributed by atoms with Gasteiger partial charge in [0.1, 0.15) is 6.54 Å². The molecular weight excluding hydrogens is 285 g/mol. The first-order valence-electron chi connectivity index (χ1n) is 4.70. The fraction of sp³-hybridized carbons (Fsp3) is 0.250. The van der Waals surface area contributed by atoms with Crippen LogP contribution in [0.3, 0.4) is 0 Å². The average molecular weight is 300 g/mol. The molecule has 0 amide bonds. The summed E-state index contributed by atoms with van der Waals surface area (Å²) in [4.78, 5) is 0. The molecule has 0 spiro atoms. The van der Waals surface area contributed by atoms with Crippen molar-refractivity contribution in [3.8, 4) is 0 Å². The highest BCUT2D eigenvalue weighted by atomic mass is 127. The zero-order chi connectivity index (χ0) is 9.26. The lowest BCUT2D eigenvalue weighted by Crippen LogP contribution is -2.32. The largest absolute Gasteiger partial charge is 0.212 e. The number of para-hydroxylation sites is 1. The molecule has 0 N–H and O–H groups in total. The van der Waals surface area contributed by atoms with Gasteiger partial charge in [-0.1, -0.05) is 12.1 Å². The molecule has 0 saturated carbocycles. The van der Waals surface area contributed by atoms with Gasteiger partial charge in [0.15, 0.2) is 6.20 Å². The van der Waals surface area contributed by atoms with E-state index in [1.807, 2.05) is 0 Å². The zero-order valence-corrected chi connectivity index (χ0v) is 10.9. The molecule has 2 rings (SSSR count). The van der Waals surface area contributed by atoms with E-state index in [-0.39, 0.29) is 24.0 Å². The molecule has 74 valence electrons. The minimum Gasteiger partial charge on any atom is -0.198 e. The third-order valence-electron chi connectivity index (χ3n) is 2.33. The first-order chi connectivity index (χ1) is 6.31. The van der Waals surface area contributed by atoms with E-state index in [1.165, 1.54) is 16.5 Å². The molecule has 0 unspecified atom stereocenters. The van der Waals surface area contributed by atoms with Gasteiger partial charge in [-0.25, -0.2) is 0 Å². The Morgan fingerprint density at radius 2 is 1.93 bits per heavy atom. The lowest BCUT2D eigenvalue weighted by molar-refractivity contribution is -0.668. The summed E-state index contributed by atoms with van der Waals surface area (Å²) in [6.45, 7) is 5.34. The Labute approximate surface area is 102 Å². The molecule has 0 fully saturated rings. The van der Waals surface area contributed by atoms with Crippen LogP contribution in [0.15, 0.2) is 36.5 Å². The number of benzene rings is 1. The number of pyridine rings is 1. The third-order valence-corrected chi connectivity index (χ3v) is 2.33. The van der Waals surface area contributed by atoms with Gasteiger partial charge in [0.25, 0.3) is 0 Å². The van der Waals surface area contributed by atoms with Crippen molar-refractivity contribution in [2.24, 2.45) is 0 Å². The van der Waals surface area contributed by atoms with Crippen molar-refractivity contribution in [3.63, 3.8) is 0 Å². The molecule has 0 aliphatic carbocycles. The van der Waals surface area contributed by atoms with Crippen LogP contribution in [0.1, 0.15) is 12.5 Å². The minimum absolute atomic E-state index is 0. The molecule has 0 bridgehead atoms. The van der Waals surface area contributed by atoms with Crippen molar-refractivity contribution in [2.75, 3.05) is 0 Å². The SMILES string of the molecule is CC[n+]1cc(C)cc2ccccc21.I. The fourth-order valence-corrected chi connectivity index (χ4v) is 1.73. The van der Waals surface area contributed by atoms with E-state index in [4.69, 9.17) is 0 Å². The maximum absolute atomic E-state index is 2.28. The summed E-state index contributed by atoms with van der Waals surface area (Å²) >= 11 is 0. The lowest BCUT2D eigenvalue weighted by atomic mass is 10.1. The Kier molecular flexibility index (Phi) is 3.86. The molecule has 1 heterocycles. The topological polar surface area (TPSA) is 3.88 Å². The summed E-state index contributed by atoms with van der Waals surface area (Å²) in [5.41, 5.74) is 2.64. The van der Waals surface area contributed by atoms with Crippen LogP contribution in [0.25, 0.3) is 10.9 Å². The van der Waals surface area contributed by atoms with Crippen LogP contribution >= 0.6 is 24.0 Å². The van der Waals surface area contributed by atoms with Gasteiger partial charge in [-0.3, -0.25) is 0 Å². The molecule has 0 radical (unpaired) electrons. The molecule has 0 saturated heterocycles. The van der Waals surface area contributed by atoms with Gasteiger partial charge in [0, 0.05) is 17.0 Å². The summed E-state index contributed by atoms with van der Waals surface area (Å²) in [7, 11) is 0. The van der Waals surface area contributed by atoms with Crippen molar-refractivity contribution in [2.45, 2.75) is 20.4 Å². The Bertz CT molecular complexity index is 437. The van der Waals surface area contributed by atoms with Crippen LogP contribution < -0.4 is 4.57 Å². The molecule has 1 nitrogen and oxygen atoms in total. The Morgan fingerprint density at radius 1 is 1.21 bits per heavy atom. The number of rotatable bonds is 1. The lowest BCUT2D eigenvalue weighted by Gasteiger charge is -1.99. The van der Waals surface area contributed by atoms with Crippen LogP contribution in [0.5, 0.6) is 0 Å². The summed E-state index contributed by atoms with van der Waals surface area (Å²) in [5.74, 6) is 0. The second kappa shape index (κ2) is 4.73. The van der Waals surface area contributed by atoms with Crippen molar-refractivity contribution in [3.05, 3.63) is 42.1 Å². The minimum atomic E-state index is 0. The maximum Gasteiger partial charge on any atom is 0.212 e. The highest BCUT2D eigenvalue weighted by molar-refractivity contribution is 14.0. The van der Waals surface area contributed by atoms with Crippen LogP contribution in [0.2, 0.25) is 0 Å². The number of fused-ring (bicyclic) bond motifs is 1. The van der Waals surface area contributed by atoms with Gasteiger partial charge in [-0.15, -0.1) is 24.0 Å². The Balaban J connectivity index is 0.000000980. The molecule has 1 aromatic carbocycles. The summed E-state index contributed by atoms with van der Waals surface area (Å²) in [6, 6.07) is 10.7. The number of hydrogen-bond acceptors (Lipinski definition) is 0. The van der Waals surface area contributed by atoms with E-state index in [2.05, 4.69) is 54.9 Å². The maximum atomic E-state index is 2.28. The molecule has 0 atom stereocenters. The number of aromatic nitrogens is 1. The predicted molar refractivity (Wildman–Crippen MR) is 70.0 cm³/mol. The second-order valence-corrected chi connectivity index (χ2v) is 3.36. The normalized spacial score (nSPS) is 9.86. The van der Waals surface area contributed by atoms with E-state index >= 15 is 0 Å². The number of nitrogens with zero attached hydrogens (tertiary/aromatic N) is 1. The highest BCUT2D eigenvalue weighted by Gasteiger charge is 2.05. The van der Waals surface area contributed by atoms with E-state index in [0.717, 1.165) is 6.54 Å². The Morgan fingerprint density at radius 3 is 2.64 bits per heavy atom. The van der Waals surface area contributed by atoms with Gasteiger partial charge in [-0.05, 0) is 26.0 Å². The molecule has 2 heteroatoms. The summed E-state index contributed by atoms with van der Waals surface area (Å²) < 4.78 is 2.28. The number of halogens is 1. The van der Waals surface area contributed by atoms with Crippen LogP contribution in [-0.2, 0) is 6.54 Å². The molecular formula is C12H15IN+. The predicted octanol–water partition coefficient (Wildman–Crippen LogP) is 3.07. The summed E-state index contributed by atoms with van der Waals surface area (Å²) in [5, 5.41) is 1.32. The third kappa shape index (κ3) is 2.05. The zero-order valence-electron chi connectivity index (χ0n) is 8.53. The van der Waals surface area contributed by atoms with Gasteiger partial charge < -0.3 is 0 Å². The van der Waals surface area contributed by atoms with Crippen molar-refractivity contribution in [1.29, 1.82) is 0 Å².